The van der Waals surface area contributed by atoms with Crippen LogP contribution >= 0.6 is 27.7 Å². The maximum Gasteiger partial charge on any atom is 0.394 e. The van der Waals surface area contributed by atoms with Gasteiger partial charge < -0.3 is 35.1 Å². The normalized spacial score (nSPS) is 16.3. The third-order valence-corrected chi connectivity index (χ3v) is 8.82. The van der Waals surface area contributed by atoms with Gasteiger partial charge in [0, 0.05) is 29.0 Å². The molecule has 0 aliphatic carbocycles. The molecule has 2 aromatic heterocycles. The van der Waals surface area contributed by atoms with Crippen molar-refractivity contribution in [2.45, 2.75) is 61.9 Å². The van der Waals surface area contributed by atoms with E-state index < -0.39 is 28.5 Å². The lowest BCUT2D eigenvalue weighted by Gasteiger charge is -2.33. The summed E-state index contributed by atoms with van der Waals surface area (Å²) in [5.74, 6) is 1.35. The van der Waals surface area contributed by atoms with Crippen LogP contribution in [0.4, 0.5) is 5.82 Å². The summed E-state index contributed by atoms with van der Waals surface area (Å²) in [6.07, 6.45) is 3.17. The predicted octanol–water partition coefficient (Wildman–Crippen LogP) is 2.31. The molecule has 6 N–H and O–H groups in total. The molecule has 16 nitrogen and oxygen atoms in total. The molecule has 1 aromatic carbocycles. The second-order valence-electron chi connectivity index (χ2n) is 10.1. The number of hydrogen-bond donors (Lipinski definition) is 4. The molecule has 2 aliphatic heterocycles. The monoisotopic (exact) mass is 717 g/mol. The van der Waals surface area contributed by atoms with Gasteiger partial charge in [-0.05, 0) is 67.1 Å². The molecule has 0 saturated carbocycles. The van der Waals surface area contributed by atoms with Crippen LogP contribution in [0.1, 0.15) is 33.1 Å². The van der Waals surface area contributed by atoms with Gasteiger partial charge in [0.1, 0.15) is 12.4 Å². The number of nitrogens with two attached hydrogens (primary N) is 2. The molecule has 0 unspecified atom stereocenters. The van der Waals surface area contributed by atoms with Crippen molar-refractivity contribution in [3.8, 4) is 11.5 Å². The summed E-state index contributed by atoms with van der Waals surface area (Å²) in [6.45, 7) is 5.21. The van der Waals surface area contributed by atoms with Crippen LogP contribution in [0.15, 0.2) is 33.0 Å². The standard InChI is InChI=1S/C25H30BrN7O5S.H2O4S/c1-13(27)24(35)38-14(2)23(34)32-6-3-15(4-7-32)5-8-33-22-20(21(28)29-11-30-22)31-25(33)39-19-10-18-17(9-16(19)26)36-12-37-18;1-5(2,3)4/h9-11,13-15H,3-8,12,27H2,1-2H3,(H2,28,29,30);(H2,1,2,3,4)/t13-,14-;/m0./s1. The molecule has 4 heterocycles. The molecular weight excluding hydrogens is 686 g/mol. The van der Waals surface area contributed by atoms with Crippen molar-refractivity contribution in [2.75, 3.05) is 25.6 Å². The lowest BCUT2D eigenvalue weighted by molar-refractivity contribution is -0.160. The lowest BCUT2D eigenvalue weighted by atomic mass is 9.93. The number of benzene rings is 1. The largest absolute Gasteiger partial charge is 0.454 e. The number of esters is 1. The lowest BCUT2D eigenvalue weighted by Crippen LogP contribution is -2.45. The molecular formula is C25H32BrN7O9S2. The molecule has 0 bridgehead atoms. The van der Waals surface area contributed by atoms with Crippen LogP contribution in [0.25, 0.3) is 11.2 Å². The minimum Gasteiger partial charge on any atom is -0.454 e. The Labute approximate surface area is 265 Å². The minimum atomic E-state index is -4.67. The number of aromatic nitrogens is 4. The Bertz CT molecular complexity index is 1620. The molecule has 2 atom stereocenters. The van der Waals surface area contributed by atoms with Crippen LogP contribution < -0.4 is 20.9 Å². The van der Waals surface area contributed by atoms with Crippen molar-refractivity contribution in [3.05, 3.63) is 22.9 Å². The van der Waals surface area contributed by atoms with Crippen molar-refractivity contribution < 1.29 is 41.3 Å². The number of hydrogen-bond acceptors (Lipinski definition) is 13. The van der Waals surface area contributed by atoms with E-state index in [0.717, 1.165) is 33.8 Å². The van der Waals surface area contributed by atoms with Crippen LogP contribution in [0.3, 0.4) is 0 Å². The fourth-order valence-electron chi connectivity index (χ4n) is 4.63. The van der Waals surface area contributed by atoms with Gasteiger partial charge in [0.25, 0.3) is 5.91 Å². The van der Waals surface area contributed by atoms with Crippen molar-refractivity contribution in [1.29, 1.82) is 0 Å². The average Bonchev–Trinajstić information content (AvgIpc) is 3.55. The summed E-state index contributed by atoms with van der Waals surface area (Å²) in [5.41, 5.74) is 12.9. The summed E-state index contributed by atoms with van der Waals surface area (Å²) in [4.78, 5) is 40.5. The number of anilines is 1. The van der Waals surface area contributed by atoms with Crippen molar-refractivity contribution >= 4 is 66.9 Å². The number of imidazole rings is 1. The van der Waals surface area contributed by atoms with E-state index in [1.54, 1.807) is 11.8 Å². The van der Waals surface area contributed by atoms with Gasteiger partial charge in [0.15, 0.2) is 39.7 Å². The van der Waals surface area contributed by atoms with Crippen LogP contribution in [0.2, 0.25) is 0 Å². The number of amides is 1. The molecule has 3 aromatic rings. The SMILES string of the molecule is C[C@H](N)C(=O)O[C@@H](C)C(=O)N1CCC(CCn2c(Sc3cc4c(cc3Br)OCO4)nc3c(N)ncnc32)CC1.O=S(=O)(O)O. The average molecular weight is 719 g/mol. The predicted molar refractivity (Wildman–Crippen MR) is 161 cm³/mol. The van der Waals surface area contributed by atoms with E-state index in [1.165, 1.54) is 25.0 Å². The highest BCUT2D eigenvalue weighted by Gasteiger charge is 2.29. The zero-order valence-electron chi connectivity index (χ0n) is 23.8. The van der Waals surface area contributed by atoms with Gasteiger partial charge in [0.05, 0.1) is 0 Å². The molecule has 2 aliphatic rings. The third kappa shape index (κ3) is 8.69. The van der Waals surface area contributed by atoms with E-state index >= 15 is 0 Å². The molecule has 44 heavy (non-hydrogen) atoms. The number of aryl methyl sites for hydroxylation is 1. The Kier molecular flexibility index (Phi) is 10.9. The highest BCUT2D eigenvalue weighted by molar-refractivity contribution is 9.10. The first kappa shape index (κ1) is 33.7. The molecule has 1 fully saturated rings. The number of carbonyl (C=O) groups excluding carboxylic acids is 2. The Balaban J connectivity index is 0.000000818. The van der Waals surface area contributed by atoms with Crippen LogP contribution in [0, 0.1) is 5.92 Å². The quantitative estimate of drug-likeness (QED) is 0.193. The van der Waals surface area contributed by atoms with Crippen molar-refractivity contribution in [1.82, 2.24) is 24.4 Å². The van der Waals surface area contributed by atoms with Gasteiger partial charge in [-0.3, -0.25) is 18.7 Å². The van der Waals surface area contributed by atoms with E-state index in [-0.39, 0.29) is 12.7 Å². The van der Waals surface area contributed by atoms with Gasteiger partial charge in [-0.25, -0.2) is 15.0 Å². The second-order valence-corrected chi connectivity index (χ2v) is 12.8. The number of nitrogens with zero attached hydrogens (tertiary/aromatic N) is 5. The van der Waals surface area contributed by atoms with Gasteiger partial charge in [0.2, 0.25) is 6.79 Å². The molecule has 19 heteroatoms. The Morgan fingerprint density at radius 1 is 1.18 bits per heavy atom. The summed E-state index contributed by atoms with van der Waals surface area (Å²) in [6, 6.07) is 3.05. The van der Waals surface area contributed by atoms with E-state index in [2.05, 4.69) is 30.5 Å². The zero-order chi connectivity index (χ0) is 32.2. The number of nitrogen functional groups attached to an aromatic ring is 1. The first-order chi connectivity index (χ1) is 20.7. The molecule has 1 saturated heterocycles. The van der Waals surface area contributed by atoms with E-state index in [1.807, 2.05) is 12.1 Å². The minimum absolute atomic E-state index is 0.191. The zero-order valence-corrected chi connectivity index (χ0v) is 27.0. The van der Waals surface area contributed by atoms with Crippen LogP contribution in [-0.4, -0.2) is 85.8 Å². The smallest absolute Gasteiger partial charge is 0.394 e. The second kappa shape index (κ2) is 14.2. The van der Waals surface area contributed by atoms with Crippen molar-refractivity contribution in [2.24, 2.45) is 11.7 Å². The van der Waals surface area contributed by atoms with Gasteiger partial charge in [-0.2, -0.15) is 8.42 Å². The van der Waals surface area contributed by atoms with Gasteiger partial charge in [-0.1, -0.05) is 11.8 Å². The third-order valence-electron chi connectivity index (χ3n) is 6.85. The number of halogens is 1. The van der Waals surface area contributed by atoms with E-state index in [9.17, 15) is 9.59 Å². The summed E-state index contributed by atoms with van der Waals surface area (Å²) in [5, 5.41) is 0.745. The number of piperidine rings is 1. The number of ether oxygens (including phenoxy) is 3. The number of likely N-dealkylation sites (tertiary alicyclic amines) is 1. The van der Waals surface area contributed by atoms with Crippen molar-refractivity contribution in [3.63, 3.8) is 0 Å². The molecule has 240 valence electrons. The van der Waals surface area contributed by atoms with Gasteiger partial charge >= 0.3 is 16.4 Å². The Hall–Kier alpha value is -3.23. The summed E-state index contributed by atoms with van der Waals surface area (Å²) in [7, 11) is -4.67. The topological polar surface area (TPSA) is 235 Å². The molecule has 0 spiro atoms. The first-order valence-corrected chi connectivity index (χ1v) is 16.4. The highest BCUT2D eigenvalue weighted by atomic mass is 79.9. The number of fused-ring (bicyclic) bond motifs is 2. The molecule has 5 rings (SSSR count). The number of carbonyl (C=O) groups is 2. The number of rotatable bonds is 8. The van der Waals surface area contributed by atoms with Gasteiger partial charge in [-0.15, -0.1) is 0 Å². The molecule has 1 amide bonds. The summed E-state index contributed by atoms with van der Waals surface area (Å²) < 4.78 is 50.7. The molecule has 0 radical (unpaired) electrons. The Morgan fingerprint density at radius 3 is 2.45 bits per heavy atom. The Morgan fingerprint density at radius 2 is 1.82 bits per heavy atom. The van der Waals surface area contributed by atoms with Crippen LogP contribution in [0.5, 0.6) is 11.5 Å². The van der Waals surface area contributed by atoms with E-state index in [0.29, 0.717) is 54.0 Å². The maximum atomic E-state index is 12.7. The maximum absolute atomic E-state index is 12.7. The fraction of sp³-hybridized carbons (Fsp3) is 0.480. The fourth-order valence-corrected chi connectivity index (χ4v) is 6.14. The van der Waals surface area contributed by atoms with Crippen LogP contribution in [-0.2, 0) is 31.3 Å². The summed E-state index contributed by atoms with van der Waals surface area (Å²) >= 11 is 5.11. The first-order valence-electron chi connectivity index (χ1n) is 13.4. The van der Waals surface area contributed by atoms with E-state index in [4.69, 9.17) is 48.2 Å². The highest BCUT2D eigenvalue weighted by Crippen LogP contribution is 2.43.